The highest BCUT2D eigenvalue weighted by molar-refractivity contribution is 7.07. The van der Waals surface area contributed by atoms with Crippen molar-refractivity contribution in [3.8, 4) is 6.07 Å². The zero-order valence-electron chi connectivity index (χ0n) is 17.2. The second-order valence-electron chi connectivity index (χ2n) is 7.66. The lowest BCUT2D eigenvalue weighted by molar-refractivity contribution is 0.0712. The van der Waals surface area contributed by atoms with E-state index in [0.29, 0.717) is 41.5 Å². The van der Waals surface area contributed by atoms with E-state index >= 15 is 0 Å². The summed E-state index contributed by atoms with van der Waals surface area (Å²) in [4.78, 5) is 31.3. The molecule has 0 bridgehead atoms. The molecule has 2 aromatic carbocycles. The molecule has 3 aromatic rings. The maximum Gasteiger partial charge on any atom is 0.275 e. The molecule has 7 heteroatoms. The molecular weight excluding hydrogens is 408 g/mol. The number of amides is 2. The van der Waals surface area contributed by atoms with Crippen LogP contribution in [-0.2, 0) is 0 Å². The normalized spacial score (nSPS) is 14.1. The number of hydrogen-bond donors (Lipinski definition) is 1. The Labute approximate surface area is 185 Å². The largest absolute Gasteiger partial charge is 0.339 e. The van der Waals surface area contributed by atoms with Crippen molar-refractivity contribution in [3.63, 3.8) is 0 Å². The van der Waals surface area contributed by atoms with Crippen LogP contribution in [0.1, 0.15) is 56.3 Å². The lowest BCUT2D eigenvalue weighted by Gasteiger charge is -2.32. The number of rotatable bonds is 4. The lowest BCUT2D eigenvalue weighted by atomic mass is 9.89. The smallest absolute Gasteiger partial charge is 0.275 e. The Balaban J connectivity index is 1.41. The molecule has 156 valence electrons. The molecule has 2 heterocycles. The Hall–Kier alpha value is -3.50. The second kappa shape index (κ2) is 9.11. The number of hydrogen-bond acceptors (Lipinski definition) is 5. The molecular formula is C24H22N4O2S. The van der Waals surface area contributed by atoms with Crippen molar-refractivity contribution in [1.82, 2.24) is 9.88 Å². The van der Waals surface area contributed by atoms with Crippen molar-refractivity contribution in [2.75, 3.05) is 18.4 Å². The average molecular weight is 431 g/mol. The van der Waals surface area contributed by atoms with E-state index in [1.807, 2.05) is 48.2 Å². The zero-order chi connectivity index (χ0) is 21.8. The first-order valence-corrected chi connectivity index (χ1v) is 11.1. The van der Waals surface area contributed by atoms with Crippen LogP contribution in [0, 0.1) is 18.3 Å². The summed E-state index contributed by atoms with van der Waals surface area (Å²) in [6.45, 7) is 3.25. The minimum Gasteiger partial charge on any atom is -0.339 e. The Bertz CT molecular complexity index is 1130. The fourth-order valence-electron chi connectivity index (χ4n) is 3.83. The SMILES string of the molecule is Cc1ccc(C(=O)N2CCC(c3ccc(C#N)cc3)CC2)cc1NC(=O)c1cscn1. The van der Waals surface area contributed by atoms with E-state index in [2.05, 4.69) is 16.4 Å². The van der Waals surface area contributed by atoms with Gasteiger partial charge in [0.25, 0.3) is 11.8 Å². The molecule has 0 unspecified atom stereocenters. The number of aromatic nitrogens is 1. The number of likely N-dealkylation sites (tertiary alicyclic amines) is 1. The number of aryl methyl sites for hydroxylation is 1. The molecule has 1 aromatic heterocycles. The van der Waals surface area contributed by atoms with E-state index in [1.54, 1.807) is 17.0 Å². The van der Waals surface area contributed by atoms with Crippen molar-refractivity contribution >= 4 is 28.8 Å². The van der Waals surface area contributed by atoms with Gasteiger partial charge in [-0.3, -0.25) is 9.59 Å². The van der Waals surface area contributed by atoms with Crippen molar-refractivity contribution < 1.29 is 9.59 Å². The Morgan fingerprint density at radius 1 is 1.16 bits per heavy atom. The minimum atomic E-state index is -0.280. The van der Waals surface area contributed by atoms with Crippen LogP contribution in [0.25, 0.3) is 0 Å². The maximum absolute atomic E-state index is 13.1. The first-order chi connectivity index (χ1) is 15.0. The van der Waals surface area contributed by atoms with Gasteiger partial charge < -0.3 is 10.2 Å². The second-order valence-corrected chi connectivity index (χ2v) is 8.38. The van der Waals surface area contributed by atoms with Gasteiger partial charge in [-0.15, -0.1) is 11.3 Å². The summed E-state index contributed by atoms with van der Waals surface area (Å²) >= 11 is 1.36. The number of anilines is 1. The summed E-state index contributed by atoms with van der Waals surface area (Å²) < 4.78 is 0. The summed E-state index contributed by atoms with van der Waals surface area (Å²) in [6.07, 6.45) is 1.77. The molecule has 0 aliphatic carbocycles. The van der Waals surface area contributed by atoms with Gasteiger partial charge in [0, 0.05) is 29.7 Å². The number of benzene rings is 2. The highest BCUT2D eigenvalue weighted by Gasteiger charge is 2.25. The highest BCUT2D eigenvalue weighted by Crippen LogP contribution is 2.29. The Morgan fingerprint density at radius 2 is 1.90 bits per heavy atom. The molecule has 2 amide bonds. The topological polar surface area (TPSA) is 86.1 Å². The van der Waals surface area contributed by atoms with E-state index in [-0.39, 0.29) is 11.8 Å². The molecule has 1 saturated heterocycles. The quantitative estimate of drug-likeness (QED) is 0.656. The van der Waals surface area contributed by atoms with Gasteiger partial charge in [0.1, 0.15) is 5.69 Å². The van der Waals surface area contributed by atoms with Crippen LogP contribution in [0.15, 0.2) is 53.4 Å². The zero-order valence-corrected chi connectivity index (χ0v) is 18.0. The fraction of sp³-hybridized carbons (Fsp3) is 0.250. The molecule has 0 atom stereocenters. The standard InChI is InChI=1S/C24H22N4O2S/c1-16-2-5-20(12-21(16)27-23(29)22-14-31-15-26-22)24(30)28-10-8-19(9-11-28)18-6-3-17(13-25)4-7-18/h2-7,12,14-15,19H,8-11H2,1H3,(H,27,29). The molecule has 6 nitrogen and oxygen atoms in total. The summed E-state index contributed by atoms with van der Waals surface area (Å²) in [5, 5.41) is 13.5. The molecule has 1 aliphatic rings. The molecule has 31 heavy (non-hydrogen) atoms. The molecule has 4 rings (SSSR count). The van der Waals surface area contributed by atoms with E-state index in [0.717, 1.165) is 18.4 Å². The van der Waals surface area contributed by atoms with E-state index in [9.17, 15) is 9.59 Å². The summed E-state index contributed by atoms with van der Waals surface area (Å²) in [5.41, 5.74) is 5.93. The van der Waals surface area contributed by atoms with Crippen molar-refractivity contribution in [3.05, 3.63) is 81.3 Å². The molecule has 0 radical (unpaired) electrons. The van der Waals surface area contributed by atoms with Gasteiger partial charge >= 0.3 is 0 Å². The summed E-state index contributed by atoms with van der Waals surface area (Å²) in [6, 6.07) is 15.3. The van der Waals surface area contributed by atoms with Gasteiger partial charge in [0.2, 0.25) is 0 Å². The number of nitrogens with zero attached hydrogens (tertiary/aromatic N) is 3. The van der Waals surface area contributed by atoms with Crippen LogP contribution in [0.2, 0.25) is 0 Å². The number of thiazole rings is 1. The summed E-state index contributed by atoms with van der Waals surface area (Å²) in [5.74, 6) is 0.0855. The minimum absolute atomic E-state index is 0.0255. The number of carbonyl (C=O) groups is 2. The molecule has 1 aliphatic heterocycles. The van der Waals surface area contributed by atoms with Gasteiger partial charge in [-0.05, 0) is 61.1 Å². The third-order valence-corrected chi connectivity index (χ3v) is 6.28. The molecule has 0 saturated carbocycles. The number of carbonyl (C=O) groups excluding carboxylic acids is 2. The predicted octanol–water partition coefficient (Wildman–Crippen LogP) is 4.60. The molecule has 0 spiro atoms. The molecule has 1 N–H and O–H groups in total. The average Bonchev–Trinajstić information content (AvgIpc) is 3.35. The monoisotopic (exact) mass is 430 g/mol. The number of nitriles is 1. The van der Waals surface area contributed by atoms with Gasteiger partial charge in [0.05, 0.1) is 17.1 Å². The van der Waals surface area contributed by atoms with Gasteiger partial charge in [-0.25, -0.2) is 4.98 Å². The third-order valence-electron chi connectivity index (χ3n) is 5.69. The van der Waals surface area contributed by atoms with Crippen molar-refractivity contribution in [1.29, 1.82) is 5.26 Å². The first kappa shape index (κ1) is 20.8. The van der Waals surface area contributed by atoms with Crippen LogP contribution in [0.3, 0.4) is 0 Å². The van der Waals surface area contributed by atoms with E-state index < -0.39 is 0 Å². The van der Waals surface area contributed by atoms with Crippen LogP contribution < -0.4 is 5.32 Å². The Morgan fingerprint density at radius 3 is 2.55 bits per heavy atom. The van der Waals surface area contributed by atoms with Crippen molar-refractivity contribution in [2.45, 2.75) is 25.7 Å². The van der Waals surface area contributed by atoms with Crippen LogP contribution in [0.5, 0.6) is 0 Å². The van der Waals surface area contributed by atoms with Gasteiger partial charge in [-0.1, -0.05) is 18.2 Å². The van der Waals surface area contributed by atoms with Crippen LogP contribution in [-0.4, -0.2) is 34.8 Å². The maximum atomic E-state index is 13.1. The predicted molar refractivity (Wildman–Crippen MR) is 120 cm³/mol. The van der Waals surface area contributed by atoms with Crippen molar-refractivity contribution in [2.24, 2.45) is 0 Å². The van der Waals surface area contributed by atoms with Crippen LogP contribution in [0.4, 0.5) is 5.69 Å². The molecule has 1 fully saturated rings. The van der Waals surface area contributed by atoms with Gasteiger partial charge in [0.15, 0.2) is 0 Å². The fourth-order valence-corrected chi connectivity index (χ4v) is 4.36. The highest BCUT2D eigenvalue weighted by atomic mass is 32.1. The lowest BCUT2D eigenvalue weighted by Crippen LogP contribution is -2.38. The van der Waals surface area contributed by atoms with E-state index in [4.69, 9.17) is 5.26 Å². The summed E-state index contributed by atoms with van der Waals surface area (Å²) in [7, 11) is 0. The van der Waals surface area contributed by atoms with Gasteiger partial charge in [-0.2, -0.15) is 5.26 Å². The number of nitrogens with one attached hydrogen (secondary N) is 1. The van der Waals surface area contributed by atoms with E-state index in [1.165, 1.54) is 16.9 Å². The third kappa shape index (κ3) is 4.65. The first-order valence-electron chi connectivity index (χ1n) is 10.1. The number of piperidine rings is 1. The van der Waals surface area contributed by atoms with Crippen LogP contribution >= 0.6 is 11.3 Å². The Kier molecular flexibility index (Phi) is 6.10.